The highest BCUT2D eigenvalue weighted by Crippen LogP contribution is 2.21. The molecule has 1 heterocycles. The minimum atomic E-state index is -3.73. The van der Waals surface area contributed by atoms with E-state index in [0.717, 1.165) is 11.2 Å². The minimum absolute atomic E-state index is 0.236. The second-order valence-corrected chi connectivity index (χ2v) is 7.44. The molecule has 1 fully saturated rings. The summed E-state index contributed by atoms with van der Waals surface area (Å²) in [6.07, 6.45) is 0.894. The molecule has 1 unspecified atom stereocenters. The first-order valence-electron chi connectivity index (χ1n) is 5.48. The van der Waals surface area contributed by atoms with Crippen LogP contribution in [0.3, 0.4) is 0 Å². The van der Waals surface area contributed by atoms with Crippen molar-refractivity contribution >= 4 is 27.6 Å². The maximum atomic E-state index is 12.2. The van der Waals surface area contributed by atoms with Gasteiger partial charge >= 0.3 is 5.97 Å². The molecule has 1 aliphatic heterocycles. The van der Waals surface area contributed by atoms with Crippen molar-refractivity contribution in [2.45, 2.75) is 24.6 Å². The van der Waals surface area contributed by atoms with Crippen LogP contribution in [0.25, 0.3) is 0 Å². The Morgan fingerprint density at radius 3 is 2.37 bits per heavy atom. The van der Waals surface area contributed by atoms with E-state index in [9.17, 15) is 22.8 Å². The average Bonchev–Trinajstić information content (AvgIpc) is 2.25. The summed E-state index contributed by atoms with van der Waals surface area (Å²) in [6.45, 7) is 1.68. The zero-order chi connectivity index (χ0) is 15.0. The van der Waals surface area contributed by atoms with Crippen LogP contribution in [0.15, 0.2) is 0 Å². The van der Waals surface area contributed by atoms with Crippen LogP contribution in [-0.2, 0) is 24.2 Å². The minimum Gasteiger partial charge on any atom is -0.480 e. The smallest absolute Gasteiger partial charge is 0.328 e. The zero-order valence-electron chi connectivity index (χ0n) is 10.8. The van der Waals surface area contributed by atoms with Gasteiger partial charge in [-0.1, -0.05) is 0 Å². The summed E-state index contributed by atoms with van der Waals surface area (Å²) >= 11 is 0. The van der Waals surface area contributed by atoms with Gasteiger partial charge in [0.2, 0.25) is 11.8 Å². The normalized spacial score (nSPS) is 20.9. The van der Waals surface area contributed by atoms with Gasteiger partial charge in [0.1, 0.15) is 17.3 Å². The largest absolute Gasteiger partial charge is 0.480 e. The van der Waals surface area contributed by atoms with Gasteiger partial charge in [-0.15, -0.1) is 0 Å². The SMILES string of the molecule is CC(C)(C(=O)N1CC(=O)NCC1C(=O)O)S(C)(=O)=O. The molecule has 0 aromatic heterocycles. The van der Waals surface area contributed by atoms with Crippen LogP contribution >= 0.6 is 0 Å². The van der Waals surface area contributed by atoms with Crippen molar-refractivity contribution in [3.8, 4) is 0 Å². The van der Waals surface area contributed by atoms with Crippen LogP contribution in [0.5, 0.6) is 0 Å². The van der Waals surface area contributed by atoms with Crippen molar-refractivity contribution in [2.24, 2.45) is 0 Å². The molecule has 1 atom stereocenters. The quantitative estimate of drug-likeness (QED) is 0.634. The van der Waals surface area contributed by atoms with E-state index >= 15 is 0 Å². The number of amides is 2. The number of carbonyl (C=O) groups excluding carboxylic acids is 2. The lowest BCUT2D eigenvalue weighted by Gasteiger charge is -2.37. The number of hydrogen-bond donors (Lipinski definition) is 2. The van der Waals surface area contributed by atoms with Crippen LogP contribution in [0, 0.1) is 0 Å². The number of carboxylic acid groups (broad SMARTS) is 1. The highest BCUT2D eigenvalue weighted by molar-refractivity contribution is 7.92. The van der Waals surface area contributed by atoms with E-state index in [1.807, 2.05) is 0 Å². The summed E-state index contributed by atoms with van der Waals surface area (Å²) in [4.78, 5) is 35.4. The Balaban J connectivity index is 3.14. The molecular weight excluding hydrogens is 276 g/mol. The summed E-state index contributed by atoms with van der Waals surface area (Å²) in [7, 11) is -3.73. The predicted molar refractivity (Wildman–Crippen MR) is 65.1 cm³/mol. The predicted octanol–water partition coefficient (Wildman–Crippen LogP) is -1.78. The van der Waals surface area contributed by atoms with Crippen molar-refractivity contribution in [3.05, 3.63) is 0 Å². The van der Waals surface area contributed by atoms with Gasteiger partial charge < -0.3 is 15.3 Å². The van der Waals surface area contributed by atoms with Gasteiger partial charge in [-0.3, -0.25) is 9.59 Å². The lowest BCUT2D eigenvalue weighted by atomic mass is 10.1. The maximum absolute atomic E-state index is 12.2. The van der Waals surface area contributed by atoms with E-state index in [1.54, 1.807) is 0 Å². The van der Waals surface area contributed by atoms with Gasteiger partial charge in [-0.05, 0) is 13.8 Å². The van der Waals surface area contributed by atoms with Crippen LogP contribution in [0.4, 0.5) is 0 Å². The van der Waals surface area contributed by atoms with Crippen LogP contribution in [0.1, 0.15) is 13.8 Å². The Kier molecular flexibility index (Phi) is 3.89. The van der Waals surface area contributed by atoms with Crippen LogP contribution in [-0.4, -0.2) is 66.3 Å². The van der Waals surface area contributed by atoms with E-state index < -0.39 is 45.0 Å². The van der Waals surface area contributed by atoms with Crippen LogP contribution in [0.2, 0.25) is 0 Å². The number of carboxylic acids is 1. The zero-order valence-corrected chi connectivity index (χ0v) is 11.7. The maximum Gasteiger partial charge on any atom is 0.328 e. The number of piperazine rings is 1. The molecule has 9 heteroatoms. The van der Waals surface area contributed by atoms with Crippen molar-refractivity contribution in [1.82, 2.24) is 10.2 Å². The highest BCUT2D eigenvalue weighted by atomic mass is 32.2. The topological polar surface area (TPSA) is 121 Å². The average molecular weight is 292 g/mol. The number of sulfone groups is 1. The molecule has 0 aromatic rings. The van der Waals surface area contributed by atoms with Crippen molar-refractivity contribution in [2.75, 3.05) is 19.3 Å². The molecule has 0 bridgehead atoms. The molecule has 0 aliphatic carbocycles. The highest BCUT2D eigenvalue weighted by Gasteiger charge is 2.46. The molecule has 0 saturated carbocycles. The Morgan fingerprint density at radius 1 is 1.42 bits per heavy atom. The fraction of sp³-hybridized carbons (Fsp3) is 0.700. The number of nitrogens with one attached hydrogen (secondary N) is 1. The Bertz CT molecular complexity index is 524. The van der Waals surface area contributed by atoms with Gasteiger partial charge in [0.05, 0.1) is 0 Å². The van der Waals surface area contributed by atoms with Gasteiger partial charge in [0, 0.05) is 12.8 Å². The van der Waals surface area contributed by atoms with Gasteiger partial charge in [-0.25, -0.2) is 13.2 Å². The third kappa shape index (κ3) is 2.86. The van der Waals surface area contributed by atoms with Crippen LogP contribution < -0.4 is 5.32 Å². The van der Waals surface area contributed by atoms with Crippen molar-refractivity contribution < 1.29 is 27.9 Å². The fourth-order valence-corrected chi connectivity index (χ4v) is 2.01. The third-order valence-electron chi connectivity index (χ3n) is 3.17. The molecule has 1 saturated heterocycles. The number of carbonyl (C=O) groups is 3. The Labute approximate surface area is 110 Å². The van der Waals surface area contributed by atoms with Crippen molar-refractivity contribution in [1.29, 1.82) is 0 Å². The summed E-state index contributed by atoms with van der Waals surface area (Å²) < 4.78 is 21.4. The molecule has 108 valence electrons. The summed E-state index contributed by atoms with van der Waals surface area (Å²) in [5.74, 6) is -2.70. The summed E-state index contributed by atoms with van der Waals surface area (Å²) in [6, 6.07) is -1.26. The molecule has 19 heavy (non-hydrogen) atoms. The molecule has 1 rings (SSSR count). The molecule has 8 nitrogen and oxygen atoms in total. The summed E-state index contributed by atoms with van der Waals surface area (Å²) in [5.41, 5.74) is 0. The molecule has 0 spiro atoms. The Hall–Kier alpha value is -1.64. The van der Waals surface area contributed by atoms with Gasteiger partial charge in [-0.2, -0.15) is 0 Å². The number of aliphatic carboxylic acids is 1. The lowest BCUT2D eigenvalue weighted by molar-refractivity contribution is -0.154. The standard InChI is InChI=1S/C10H16N2O6S/c1-10(2,19(3,17)18)9(16)12-5-7(13)11-4-6(12)8(14)15/h6H,4-5H2,1-3H3,(H,11,13)(H,14,15). The first kappa shape index (κ1) is 15.4. The van der Waals surface area contributed by atoms with E-state index in [4.69, 9.17) is 5.11 Å². The first-order chi connectivity index (χ1) is 8.48. The van der Waals surface area contributed by atoms with Gasteiger partial charge in [0.15, 0.2) is 9.84 Å². The van der Waals surface area contributed by atoms with Crippen molar-refractivity contribution in [3.63, 3.8) is 0 Å². The van der Waals surface area contributed by atoms with Gasteiger partial charge in [0.25, 0.3) is 0 Å². The van der Waals surface area contributed by atoms with E-state index in [2.05, 4.69) is 5.32 Å². The second-order valence-electron chi connectivity index (χ2n) is 4.87. The van der Waals surface area contributed by atoms with E-state index in [0.29, 0.717) is 0 Å². The number of hydrogen-bond acceptors (Lipinski definition) is 5. The third-order valence-corrected chi connectivity index (χ3v) is 5.20. The second kappa shape index (κ2) is 4.80. The Morgan fingerprint density at radius 2 is 1.95 bits per heavy atom. The molecule has 2 N–H and O–H groups in total. The monoisotopic (exact) mass is 292 g/mol. The molecule has 1 aliphatic rings. The molecule has 2 amide bonds. The first-order valence-corrected chi connectivity index (χ1v) is 7.38. The molecule has 0 aromatic carbocycles. The number of nitrogens with zero attached hydrogens (tertiary/aromatic N) is 1. The van der Waals surface area contributed by atoms with E-state index in [1.165, 1.54) is 13.8 Å². The molecular formula is C10H16N2O6S. The van der Waals surface area contributed by atoms with E-state index in [-0.39, 0.29) is 6.54 Å². The fourth-order valence-electron chi connectivity index (χ4n) is 1.58. The summed E-state index contributed by atoms with van der Waals surface area (Å²) in [5, 5.41) is 11.3. The lowest BCUT2D eigenvalue weighted by Crippen LogP contribution is -2.63. The number of rotatable bonds is 3. The molecule has 0 radical (unpaired) electrons.